The van der Waals surface area contributed by atoms with Gasteiger partial charge in [-0.2, -0.15) is 0 Å². The van der Waals surface area contributed by atoms with Crippen molar-refractivity contribution in [2.24, 2.45) is 0 Å². The molecule has 0 bridgehead atoms. The standard InChI is InChI=1S/C21H26N6O2.2H2/c1-21(2,3)29-20(28)24-12-14-8-10-15(11-9-14)27-13-18(25-26-27)19(23)16-6-4-5-7-17(16)22;;/h4-11,13,23,25-26H,12,22H2,1-3H3,(H,24,28);2*1H. The lowest BCUT2D eigenvalue weighted by Gasteiger charge is -2.20. The number of hydrogen-bond donors (Lipinski definition) is 5. The molecule has 0 aromatic heterocycles. The summed E-state index contributed by atoms with van der Waals surface area (Å²) in [6.45, 7) is 5.85. The highest BCUT2D eigenvalue weighted by atomic mass is 16.6. The van der Waals surface area contributed by atoms with Crippen molar-refractivity contribution in [1.82, 2.24) is 16.3 Å². The zero-order valence-electron chi connectivity index (χ0n) is 16.7. The number of alkyl carbamates (subject to hydrolysis) is 1. The molecule has 0 atom stereocenters. The molecule has 3 rings (SSSR count). The third-order valence-corrected chi connectivity index (χ3v) is 4.12. The minimum Gasteiger partial charge on any atom is -0.444 e. The molecule has 156 valence electrons. The number of nitrogens with two attached hydrogens (primary N) is 1. The van der Waals surface area contributed by atoms with Crippen LogP contribution in [0.25, 0.3) is 0 Å². The fourth-order valence-electron chi connectivity index (χ4n) is 2.71. The van der Waals surface area contributed by atoms with Gasteiger partial charge in [-0.05, 0) is 44.5 Å². The van der Waals surface area contributed by atoms with Gasteiger partial charge in [0, 0.05) is 20.6 Å². The summed E-state index contributed by atoms with van der Waals surface area (Å²) < 4.78 is 5.23. The first-order chi connectivity index (χ1) is 13.7. The van der Waals surface area contributed by atoms with Crippen molar-refractivity contribution in [1.29, 1.82) is 5.41 Å². The SMILES string of the molecule is CC(C)(C)OC(=O)NCc1ccc(N2C=C(C(=N)c3ccccc3N)NN2)cc1.[HH].[HH]. The zero-order valence-corrected chi connectivity index (χ0v) is 16.7. The molecule has 29 heavy (non-hydrogen) atoms. The summed E-state index contributed by atoms with van der Waals surface area (Å²) in [5.41, 5.74) is 15.4. The molecule has 2 aromatic carbocycles. The number of rotatable bonds is 5. The Labute approximate surface area is 173 Å². The van der Waals surface area contributed by atoms with Crippen LogP contribution in [-0.4, -0.2) is 17.4 Å². The Morgan fingerprint density at radius 3 is 2.55 bits per heavy atom. The average molecular weight is 399 g/mol. The number of amides is 1. The van der Waals surface area contributed by atoms with E-state index in [0.29, 0.717) is 29.2 Å². The fraction of sp³-hybridized carbons (Fsp3) is 0.238. The highest BCUT2D eigenvalue weighted by molar-refractivity contribution is 6.13. The summed E-state index contributed by atoms with van der Waals surface area (Å²) >= 11 is 0. The van der Waals surface area contributed by atoms with Crippen LogP contribution in [0.2, 0.25) is 0 Å². The molecule has 0 spiro atoms. The lowest BCUT2D eigenvalue weighted by atomic mass is 10.1. The van der Waals surface area contributed by atoms with Crippen molar-refractivity contribution in [2.75, 3.05) is 10.7 Å². The van der Waals surface area contributed by atoms with Gasteiger partial charge in [-0.15, -0.1) is 5.53 Å². The normalized spacial score (nSPS) is 13.5. The minimum atomic E-state index is -0.523. The Balaban J connectivity index is 0.00000240. The predicted octanol–water partition coefficient (Wildman–Crippen LogP) is 3.52. The van der Waals surface area contributed by atoms with Crippen LogP contribution in [0.3, 0.4) is 0 Å². The molecule has 0 radical (unpaired) electrons. The van der Waals surface area contributed by atoms with Crippen molar-refractivity contribution >= 4 is 23.2 Å². The van der Waals surface area contributed by atoms with Crippen molar-refractivity contribution in [3.63, 3.8) is 0 Å². The Kier molecular flexibility index (Phi) is 5.74. The lowest BCUT2D eigenvalue weighted by Crippen LogP contribution is -2.37. The van der Waals surface area contributed by atoms with E-state index in [2.05, 4.69) is 16.3 Å². The monoisotopic (exact) mass is 398 g/mol. The van der Waals surface area contributed by atoms with Crippen molar-refractivity contribution in [3.8, 4) is 0 Å². The molecule has 1 aliphatic rings. The maximum atomic E-state index is 11.8. The Bertz CT molecular complexity index is 942. The first-order valence-corrected chi connectivity index (χ1v) is 9.25. The Morgan fingerprint density at radius 1 is 1.21 bits per heavy atom. The van der Waals surface area contributed by atoms with Crippen LogP contribution in [0, 0.1) is 5.41 Å². The van der Waals surface area contributed by atoms with E-state index in [9.17, 15) is 4.79 Å². The molecule has 6 N–H and O–H groups in total. The second-order valence-electron chi connectivity index (χ2n) is 7.63. The molecule has 1 amide bonds. The maximum Gasteiger partial charge on any atom is 0.407 e. The highest BCUT2D eigenvalue weighted by Gasteiger charge is 2.19. The van der Waals surface area contributed by atoms with Gasteiger partial charge in [0.15, 0.2) is 0 Å². The number of anilines is 2. The molecule has 0 saturated carbocycles. The number of hydrogen-bond acceptors (Lipinski definition) is 7. The Morgan fingerprint density at radius 2 is 1.90 bits per heavy atom. The van der Waals surface area contributed by atoms with Gasteiger partial charge in [-0.1, -0.05) is 30.3 Å². The molecule has 1 aliphatic heterocycles. The van der Waals surface area contributed by atoms with E-state index in [1.165, 1.54) is 0 Å². The predicted molar refractivity (Wildman–Crippen MR) is 118 cm³/mol. The summed E-state index contributed by atoms with van der Waals surface area (Å²) in [5.74, 6) is 0. The lowest BCUT2D eigenvalue weighted by molar-refractivity contribution is 0.0523. The smallest absolute Gasteiger partial charge is 0.407 e. The summed E-state index contributed by atoms with van der Waals surface area (Å²) in [6.07, 6.45) is 1.35. The second kappa shape index (κ2) is 8.24. The largest absolute Gasteiger partial charge is 0.444 e. The maximum absolute atomic E-state index is 11.8. The summed E-state index contributed by atoms with van der Waals surface area (Å²) in [5, 5.41) is 12.9. The van der Waals surface area contributed by atoms with Gasteiger partial charge in [0.05, 0.1) is 23.3 Å². The van der Waals surface area contributed by atoms with Crippen LogP contribution < -0.4 is 27.0 Å². The quantitative estimate of drug-likeness (QED) is 0.389. The molecule has 0 fully saturated rings. The number of carbonyl (C=O) groups is 1. The van der Waals surface area contributed by atoms with Gasteiger partial charge in [0.2, 0.25) is 0 Å². The van der Waals surface area contributed by atoms with Crippen molar-refractivity contribution in [3.05, 3.63) is 71.6 Å². The van der Waals surface area contributed by atoms with E-state index < -0.39 is 11.7 Å². The molecule has 1 heterocycles. The number of allylic oxidation sites excluding steroid dienone is 1. The summed E-state index contributed by atoms with van der Waals surface area (Å²) in [7, 11) is 0. The third kappa shape index (κ3) is 5.26. The van der Waals surface area contributed by atoms with Gasteiger partial charge >= 0.3 is 6.09 Å². The third-order valence-electron chi connectivity index (χ3n) is 4.12. The number of carbonyl (C=O) groups excluding carboxylic acids is 1. The number of nitrogens with zero attached hydrogens (tertiary/aromatic N) is 1. The van der Waals surface area contributed by atoms with Crippen LogP contribution in [0.4, 0.5) is 16.2 Å². The van der Waals surface area contributed by atoms with E-state index >= 15 is 0 Å². The number of benzene rings is 2. The van der Waals surface area contributed by atoms with E-state index in [-0.39, 0.29) is 2.85 Å². The Hall–Kier alpha value is -3.52. The molecule has 0 saturated heterocycles. The van der Waals surface area contributed by atoms with Gasteiger partial charge in [0.1, 0.15) is 5.60 Å². The van der Waals surface area contributed by atoms with E-state index in [1.54, 1.807) is 17.3 Å². The van der Waals surface area contributed by atoms with Crippen LogP contribution in [0.5, 0.6) is 0 Å². The number of para-hydroxylation sites is 1. The summed E-state index contributed by atoms with van der Waals surface area (Å²) in [4.78, 5) is 11.8. The van der Waals surface area contributed by atoms with Crippen molar-refractivity contribution in [2.45, 2.75) is 32.9 Å². The molecular weight excluding hydrogens is 368 g/mol. The van der Waals surface area contributed by atoms with Crippen LogP contribution in [0.15, 0.2) is 60.4 Å². The summed E-state index contributed by atoms with van der Waals surface area (Å²) in [6, 6.07) is 14.9. The molecule has 2 aromatic rings. The second-order valence-corrected chi connectivity index (χ2v) is 7.63. The number of ether oxygens (including phenoxy) is 1. The molecule has 8 nitrogen and oxygen atoms in total. The first-order valence-electron chi connectivity index (χ1n) is 9.25. The van der Waals surface area contributed by atoms with Crippen LogP contribution in [0.1, 0.15) is 34.8 Å². The van der Waals surface area contributed by atoms with Crippen LogP contribution >= 0.6 is 0 Å². The van der Waals surface area contributed by atoms with Crippen molar-refractivity contribution < 1.29 is 12.4 Å². The van der Waals surface area contributed by atoms with E-state index in [0.717, 1.165) is 11.3 Å². The number of hydrazine groups is 2. The van der Waals surface area contributed by atoms with Gasteiger partial charge in [-0.25, -0.2) is 4.79 Å². The first kappa shape index (κ1) is 20.2. The van der Waals surface area contributed by atoms with E-state index in [4.69, 9.17) is 15.9 Å². The minimum absolute atomic E-state index is 0. The highest BCUT2D eigenvalue weighted by Crippen LogP contribution is 2.20. The van der Waals surface area contributed by atoms with Gasteiger partial charge in [0.25, 0.3) is 0 Å². The topological polar surface area (TPSA) is 116 Å². The van der Waals surface area contributed by atoms with E-state index in [1.807, 2.05) is 63.2 Å². The average Bonchev–Trinajstić information content (AvgIpc) is 3.15. The molecule has 8 heteroatoms. The molecule has 0 aliphatic carbocycles. The van der Waals surface area contributed by atoms with Crippen LogP contribution in [-0.2, 0) is 11.3 Å². The number of nitrogen functional groups attached to an aromatic ring is 1. The fourth-order valence-corrected chi connectivity index (χ4v) is 2.71. The molecule has 0 unspecified atom stereocenters. The number of nitrogens with one attached hydrogen (secondary N) is 4. The molecular formula is C21H30N6O2. The van der Waals surface area contributed by atoms with Gasteiger partial charge < -0.3 is 15.8 Å². The van der Waals surface area contributed by atoms with Gasteiger partial charge in [-0.3, -0.25) is 15.8 Å². The zero-order chi connectivity index (χ0) is 21.0.